The molecule has 2 rings (SSSR count). The second-order valence-electron chi connectivity index (χ2n) is 3.98. The number of rotatable bonds is 2. The molecule has 0 aromatic heterocycles. The summed E-state index contributed by atoms with van der Waals surface area (Å²) in [5, 5.41) is 18.5. The highest BCUT2D eigenvalue weighted by atomic mass is 19.1. The summed E-state index contributed by atoms with van der Waals surface area (Å²) < 4.78 is 13.3. The van der Waals surface area contributed by atoms with E-state index in [2.05, 4.69) is 0 Å². The number of benzene rings is 2. The fourth-order valence-electron chi connectivity index (χ4n) is 1.88. The first-order valence-corrected chi connectivity index (χ1v) is 5.30. The molecule has 0 aliphatic heterocycles. The van der Waals surface area contributed by atoms with Gasteiger partial charge in [0, 0.05) is 0 Å². The zero-order valence-corrected chi connectivity index (χ0v) is 9.39. The highest BCUT2D eigenvalue weighted by molar-refractivity contribution is 6.60. The molecule has 0 amide bonds. The lowest BCUT2D eigenvalue weighted by atomic mass is 9.75. The minimum atomic E-state index is -1.56. The van der Waals surface area contributed by atoms with Gasteiger partial charge in [0.05, 0.1) is 0 Å². The van der Waals surface area contributed by atoms with Crippen LogP contribution in [0.25, 0.3) is 11.1 Å². The molecule has 0 fully saturated rings. The van der Waals surface area contributed by atoms with Crippen molar-refractivity contribution in [3.8, 4) is 11.1 Å². The smallest absolute Gasteiger partial charge is 0.423 e. The van der Waals surface area contributed by atoms with E-state index in [0.29, 0.717) is 16.6 Å². The zero-order valence-electron chi connectivity index (χ0n) is 9.39. The van der Waals surface area contributed by atoms with Crippen LogP contribution in [0.4, 0.5) is 4.39 Å². The molecule has 0 aliphatic rings. The Bertz CT molecular complexity index is 520. The van der Waals surface area contributed by atoms with Crippen molar-refractivity contribution in [2.24, 2.45) is 0 Å². The first-order valence-electron chi connectivity index (χ1n) is 5.30. The number of halogens is 1. The SMILES string of the molecule is Cc1cc(F)cc(-c2ccccc2B(O)O)c1. The maximum absolute atomic E-state index is 13.3. The number of aryl methyl sites for hydroxylation is 1. The maximum atomic E-state index is 13.3. The van der Waals surface area contributed by atoms with E-state index in [1.165, 1.54) is 12.1 Å². The molecule has 2 N–H and O–H groups in total. The van der Waals surface area contributed by atoms with Crippen LogP contribution in [0.2, 0.25) is 0 Å². The summed E-state index contributed by atoms with van der Waals surface area (Å²) in [5.74, 6) is -0.331. The van der Waals surface area contributed by atoms with E-state index in [4.69, 9.17) is 0 Å². The second-order valence-corrected chi connectivity index (χ2v) is 3.98. The standard InChI is InChI=1S/C13H12BFO2/c1-9-6-10(8-11(15)7-9)12-4-2-3-5-13(12)14(16)17/h2-8,16-17H,1H3. The largest absolute Gasteiger partial charge is 0.489 e. The molecule has 0 aliphatic carbocycles. The molecule has 0 saturated heterocycles. The molecule has 0 bridgehead atoms. The van der Waals surface area contributed by atoms with Crippen molar-refractivity contribution in [3.63, 3.8) is 0 Å². The van der Waals surface area contributed by atoms with Crippen molar-refractivity contribution in [3.05, 3.63) is 53.8 Å². The van der Waals surface area contributed by atoms with E-state index in [1.807, 2.05) is 6.07 Å². The van der Waals surface area contributed by atoms with Crippen LogP contribution in [0.5, 0.6) is 0 Å². The van der Waals surface area contributed by atoms with Crippen LogP contribution in [0.15, 0.2) is 42.5 Å². The molecule has 0 radical (unpaired) electrons. The van der Waals surface area contributed by atoms with Gasteiger partial charge in [0.15, 0.2) is 0 Å². The first-order chi connectivity index (χ1) is 8.08. The molecule has 2 aromatic carbocycles. The summed E-state index contributed by atoms with van der Waals surface area (Å²) in [6.45, 7) is 1.80. The predicted molar refractivity (Wildman–Crippen MR) is 66.4 cm³/mol. The van der Waals surface area contributed by atoms with Gasteiger partial charge < -0.3 is 10.0 Å². The lowest BCUT2D eigenvalue weighted by molar-refractivity contribution is 0.426. The molecule has 86 valence electrons. The Morgan fingerprint density at radius 1 is 1.06 bits per heavy atom. The molecule has 0 saturated carbocycles. The van der Waals surface area contributed by atoms with Crippen molar-refractivity contribution in [2.45, 2.75) is 6.92 Å². The van der Waals surface area contributed by atoms with Gasteiger partial charge in [-0.15, -0.1) is 0 Å². The molecular weight excluding hydrogens is 218 g/mol. The Kier molecular flexibility index (Phi) is 3.27. The summed E-state index contributed by atoms with van der Waals surface area (Å²) in [6.07, 6.45) is 0. The van der Waals surface area contributed by atoms with Crippen LogP contribution in [-0.4, -0.2) is 17.2 Å². The zero-order chi connectivity index (χ0) is 12.4. The van der Waals surface area contributed by atoms with E-state index in [1.54, 1.807) is 31.2 Å². The van der Waals surface area contributed by atoms with Gasteiger partial charge in [-0.1, -0.05) is 30.3 Å². The van der Waals surface area contributed by atoms with Crippen molar-refractivity contribution in [1.29, 1.82) is 0 Å². The topological polar surface area (TPSA) is 40.5 Å². The normalized spacial score (nSPS) is 10.4. The van der Waals surface area contributed by atoms with Crippen LogP contribution in [-0.2, 0) is 0 Å². The van der Waals surface area contributed by atoms with Crippen molar-refractivity contribution >= 4 is 12.6 Å². The summed E-state index contributed by atoms with van der Waals surface area (Å²) in [6, 6.07) is 11.5. The predicted octanol–water partition coefficient (Wildman–Crippen LogP) is 1.48. The third kappa shape index (κ3) is 2.54. The van der Waals surface area contributed by atoms with E-state index in [-0.39, 0.29) is 5.82 Å². The van der Waals surface area contributed by atoms with Gasteiger partial charge in [-0.25, -0.2) is 4.39 Å². The van der Waals surface area contributed by atoms with Gasteiger partial charge in [-0.05, 0) is 41.2 Å². The second kappa shape index (κ2) is 4.69. The van der Waals surface area contributed by atoms with Crippen molar-refractivity contribution in [1.82, 2.24) is 0 Å². The van der Waals surface area contributed by atoms with Gasteiger partial charge >= 0.3 is 7.12 Å². The van der Waals surface area contributed by atoms with Crippen LogP contribution in [0.1, 0.15) is 5.56 Å². The molecular formula is C13H12BFO2. The van der Waals surface area contributed by atoms with Crippen molar-refractivity contribution < 1.29 is 14.4 Å². The third-order valence-electron chi connectivity index (χ3n) is 2.59. The van der Waals surface area contributed by atoms with Crippen LogP contribution in [0, 0.1) is 12.7 Å². The summed E-state index contributed by atoms with van der Waals surface area (Å²) in [7, 11) is -1.56. The monoisotopic (exact) mass is 230 g/mol. The highest BCUT2D eigenvalue weighted by Gasteiger charge is 2.16. The van der Waals surface area contributed by atoms with Gasteiger partial charge in [-0.2, -0.15) is 0 Å². The van der Waals surface area contributed by atoms with Gasteiger partial charge in [0.1, 0.15) is 5.82 Å². The van der Waals surface area contributed by atoms with Crippen molar-refractivity contribution in [2.75, 3.05) is 0 Å². The van der Waals surface area contributed by atoms with Gasteiger partial charge in [-0.3, -0.25) is 0 Å². The molecule has 0 heterocycles. The highest BCUT2D eigenvalue weighted by Crippen LogP contribution is 2.20. The molecule has 0 unspecified atom stereocenters. The Hall–Kier alpha value is -1.65. The molecule has 2 aromatic rings. The van der Waals surface area contributed by atoms with Gasteiger partial charge in [0.25, 0.3) is 0 Å². The third-order valence-corrected chi connectivity index (χ3v) is 2.59. The first kappa shape index (κ1) is 11.8. The summed E-state index contributed by atoms with van der Waals surface area (Å²) in [5.41, 5.74) is 2.44. The molecule has 4 heteroatoms. The molecule has 2 nitrogen and oxygen atoms in total. The molecule has 0 atom stereocenters. The lowest BCUT2D eigenvalue weighted by Gasteiger charge is -2.09. The quantitative estimate of drug-likeness (QED) is 0.767. The summed E-state index contributed by atoms with van der Waals surface area (Å²) >= 11 is 0. The fourth-order valence-corrected chi connectivity index (χ4v) is 1.88. The van der Waals surface area contributed by atoms with E-state index in [9.17, 15) is 14.4 Å². The van der Waals surface area contributed by atoms with E-state index in [0.717, 1.165) is 5.56 Å². The molecule has 0 spiro atoms. The minimum absolute atomic E-state index is 0.331. The van der Waals surface area contributed by atoms with E-state index < -0.39 is 7.12 Å². The Morgan fingerprint density at radius 2 is 1.76 bits per heavy atom. The van der Waals surface area contributed by atoms with Crippen LogP contribution in [0.3, 0.4) is 0 Å². The average molecular weight is 230 g/mol. The van der Waals surface area contributed by atoms with E-state index >= 15 is 0 Å². The summed E-state index contributed by atoms with van der Waals surface area (Å²) in [4.78, 5) is 0. The number of hydrogen-bond donors (Lipinski definition) is 2. The molecule has 17 heavy (non-hydrogen) atoms. The van der Waals surface area contributed by atoms with Crippen LogP contribution >= 0.6 is 0 Å². The fraction of sp³-hybridized carbons (Fsp3) is 0.0769. The van der Waals surface area contributed by atoms with Crippen LogP contribution < -0.4 is 5.46 Å². The Balaban J connectivity index is 2.60. The van der Waals surface area contributed by atoms with Gasteiger partial charge in [0.2, 0.25) is 0 Å². The Morgan fingerprint density at radius 3 is 2.41 bits per heavy atom. The minimum Gasteiger partial charge on any atom is -0.423 e. The number of hydrogen-bond acceptors (Lipinski definition) is 2. The average Bonchev–Trinajstić information content (AvgIpc) is 2.27. The maximum Gasteiger partial charge on any atom is 0.489 e. The Labute approximate surface area is 99.5 Å². The lowest BCUT2D eigenvalue weighted by Crippen LogP contribution is -2.31.